The van der Waals surface area contributed by atoms with Crippen molar-refractivity contribution in [1.82, 2.24) is 10.6 Å². The van der Waals surface area contributed by atoms with Crippen LogP contribution in [0.4, 0.5) is 0 Å². The van der Waals surface area contributed by atoms with E-state index in [9.17, 15) is 9.59 Å². The average molecular weight is 417 g/mol. The van der Waals surface area contributed by atoms with Gasteiger partial charge in [0.25, 0.3) is 5.91 Å². The van der Waals surface area contributed by atoms with Gasteiger partial charge in [0.1, 0.15) is 0 Å². The van der Waals surface area contributed by atoms with Crippen LogP contribution in [0.2, 0.25) is 6.04 Å². The molecule has 3 aromatic carbocycles. The number of nitrogens with one attached hydrogen (secondary N) is 2. The first-order chi connectivity index (χ1) is 14.6. The van der Waals surface area contributed by atoms with Gasteiger partial charge in [0, 0.05) is 24.2 Å². The van der Waals surface area contributed by atoms with Gasteiger partial charge in [-0.1, -0.05) is 84.0 Å². The molecule has 0 bridgehead atoms. The highest BCUT2D eigenvalue weighted by atomic mass is 28.3. The molecule has 2 amide bonds. The Bertz CT molecular complexity index is 933. The minimum absolute atomic E-state index is 0.0297. The highest BCUT2D eigenvalue weighted by molar-refractivity contribution is 6.75. The zero-order chi connectivity index (χ0) is 21.2. The molecule has 2 N–H and O–H groups in total. The first-order valence-electron chi connectivity index (χ1n) is 10.3. The topological polar surface area (TPSA) is 58.2 Å². The Hall–Kier alpha value is -3.18. The molecular weight excluding hydrogens is 388 g/mol. The fraction of sp³-hybridized carbons (Fsp3) is 0.200. The number of hydrogen-bond donors (Lipinski definition) is 2. The molecule has 30 heavy (non-hydrogen) atoms. The number of amides is 2. The lowest BCUT2D eigenvalue weighted by molar-refractivity contribution is -0.120. The fourth-order valence-electron chi connectivity index (χ4n) is 3.56. The van der Waals surface area contributed by atoms with Crippen molar-refractivity contribution in [3.8, 4) is 0 Å². The monoisotopic (exact) mass is 416 g/mol. The van der Waals surface area contributed by atoms with Gasteiger partial charge in [-0.05, 0) is 30.7 Å². The lowest BCUT2D eigenvalue weighted by atomic mass is 10.2. The molecule has 4 nitrogen and oxygen atoms in total. The van der Waals surface area contributed by atoms with E-state index in [1.165, 1.54) is 5.19 Å². The summed E-state index contributed by atoms with van der Waals surface area (Å²) in [6.07, 6.45) is 0.462. The van der Waals surface area contributed by atoms with Crippen molar-refractivity contribution in [3.63, 3.8) is 0 Å². The van der Waals surface area contributed by atoms with Gasteiger partial charge in [-0.25, -0.2) is 0 Å². The number of hydrogen-bond acceptors (Lipinski definition) is 2. The van der Waals surface area contributed by atoms with Crippen LogP contribution in [-0.2, 0) is 11.3 Å². The van der Waals surface area contributed by atoms with Crippen LogP contribution in [0.3, 0.4) is 0 Å². The average Bonchev–Trinajstić information content (AvgIpc) is 2.80. The summed E-state index contributed by atoms with van der Waals surface area (Å²) in [4.78, 5) is 25.1. The summed E-state index contributed by atoms with van der Waals surface area (Å²) in [5, 5.41) is 7.43. The van der Waals surface area contributed by atoms with Gasteiger partial charge in [-0.15, -0.1) is 0 Å². The van der Waals surface area contributed by atoms with E-state index >= 15 is 0 Å². The molecule has 2 atom stereocenters. The van der Waals surface area contributed by atoms with Gasteiger partial charge >= 0.3 is 0 Å². The largest absolute Gasteiger partial charge is 0.352 e. The Kier molecular flexibility index (Phi) is 7.98. The SMILES string of the molecule is CC(NC(=O)c1ccccc1)[SiH](CCC(=O)NCc1ccccc1)c1ccccc1. The molecule has 0 radical (unpaired) electrons. The second-order valence-corrected chi connectivity index (χ2v) is 10.9. The molecule has 0 aromatic heterocycles. The molecule has 2 unspecified atom stereocenters. The van der Waals surface area contributed by atoms with Crippen molar-refractivity contribution in [3.05, 3.63) is 102 Å². The third-order valence-electron chi connectivity index (χ3n) is 5.24. The van der Waals surface area contributed by atoms with Crippen molar-refractivity contribution >= 4 is 25.8 Å². The summed E-state index contributed by atoms with van der Waals surface area (Å²) in [7, 11) is -1.61. The molecule has 154 valence electrons. The number of carbonyl (C=O) groups excluding carboxylic acids is 2. The maximum atomic E-state index is 12.6. The molecule has 0 saturated carbocycles. The Morgan fingerprint density at radius 1 is 0.833 bits per heavy atom. The molecule has 0 heterocycles. The van der Waals surface area contributed by atoms with Crippen LogP contribution < -0.4 is 15.8 Å². The van der Waals surface area contributed by atoms with Crippen molar-refractivity contribution in [2.75, 3.05) is 0 Å². The molecule has 5 heteroatoms. The van der Waals surface area contributed by atoms with Gasteiger partial charge in [0.2, 0.25) is 5.91 Å². The van der Waals surface area contributed by atoms with E-state index < -0.39 is 8.80 Å². The molecule has 3 rings (SSSR count). The lowest BCUT2D eigenvalue weighted by Crippen LogP contribution is -2.50. The van der Waals surface area contributed by atoms with Gasteiger partial charge < -0.3 is 10.6 Å². The molecule has 0 saturated heterocycles. The summed E-state index contributed by atoms with van der Waals surface area (Å²) in [6, 6.07) is 30.2. The van der Waals surface area contributed by atoms with E-state index in [1.807, 2.05) is 78.9 Å². The third-order valence-corrected chi connectivity index (χ3v) is 8.77. The van der Waals surface area contributed by atoms with Crippen molar-refractivity contribution < 1.29 is 9.59 Å². The zero-order valence-corrected chi connectivity index (χ0v) is 18.4. The maximum Gasteiger partial charge on any atom is 0.251 e. The minimum atomic E-state index is -1.61. The Morgan fingerprint density at radius 2 is 1.40 bits per heavy atom. The first-order valence-corrected chi connectivity index (χ1v) is 12.4. The maximum absolute atomic E-state index is 12.6. The minimum Gasteiger partial charge on any atom is -0.352 e. The predicted molar refractivity (Wildman–Crippen MR) is 124 cm³/mol. The Morgan fingerprint density at radius 3 is 2.03 bits per heavy atom. The van der Waals surface area contributed by atoms with E-state index in [0.29, 0.717) is 18.5 Å². The number of carbonyl (C=O) groups is 2. The van der Waals surface area contributed by atoms with Crippen LogP contribution in [0.25, 0.3) is 0 Å². The Labute approximate surface area is 180 Å². The lowest BCUT2D eigenvalue weighted by Gasteiger charge is -2.24. The highest BCUT2D eigenvalue weighted by Crippen LogP contribution is 2.07. The normalized spacial score (nSPS) is 12.6. The number of rotatable bonds is 9. The molecule has 3 aromatic rings. The second kappa shape index (κ2) is 11.1. The molecule has 0 aliphatic rings. The second-order valence-electron chi connectivity index (χ2n) is 7.45. The van der Waals surface area contributed by atoms with E-state index in [2.05, 4.69) is 29.7 Å². The molecular formula is C25H28N2O2Si. The van der Waals surface area contributed by atoms with E-state index in [1.54, 1.807) is 0 Å². The van der Waals surface area contributed by atoms with Gasteiger partial charge in [0.15, 0.2) is 0 Å². The van der Waals surface area contributed by atoms with E-state index in [0.717, 1.165) is 11.6 Å². The van der Waals surface area contributed by atoms with Crippen LogP contribution in [-0.4, -0.2) is 26.3 Å². The highest BCUT2D eigenvalue weighted by Gasteiger charge is 2.24. The van der Waals surface area contributed by atoms with Crippen molar-refractivity contribution in [1.29, 1.82) is 0 Å². The quantitative estimate of drug-likeness (QED) is 0.527. The summed E-state index contributed by atoms with van der Waals surface area (Å²) in [6.45, 7) is 2.60. The van der Waals surface area contributed by atoms with Crippen LogP contribution in [0.15, 0.2) is 91.0 Å². The summed E-state index contributed by atoms with van der Waals surface area (Å²) >= 11 is 0. The standard InChI is InChI=1S/C25H28N2O2Si/c1-20(27-25(29)22-13-7-3-8-14-22)30(23-15-9-4-10-16-23)18-17-24(28)26-19-21-11-5-2-6-12-21/h2-16,20,30H,17-19H2,1H3,(H,26,28)(H,27,29). The van der Waals surface area contributed by atoms with E-state index in [-0.39, 0.29) is 17.5 Å². The molecule has 0 aliphatic carbocycles. The smallest absolute Gasteiger partial charge is 0.251 e. The van der Waals surface area contributed by atoms with Crippen molar-refractivity contribution in [2.45, 2.75) is 31.6 Å². The predicted octanol–water partition coefficient (Wildman–Crippen LogP) is 3.18. The fourth-order valence-corrected chi connectivity index (χ4v) is 6.61. The van der Waals surface area contributed by atoms with Crippen LogP contribution >= 0.6 is 0 Å². The van der Waals surface area contributed by atoms with Gasteiger partial charge in [0.05, 0.1) is 8.80 Å². The van der Waals surface area contributed by atoms with Gasteiger partial charge in [-0.3, -0.25) is 9.59 Å². The summed E-state index contributed by atoms with van der Waals surface area (Å²) in [5.41, 5.74) is 1.78. The number of benzene rings is 3. The first kappa shape index (κ1) is 21.5. The van der Waals surface area contributed by atoms with Crippen LogP contribution in [0, 0.1) is 0 Å². The molecule has 0 spiro atoms. The van der Waals surface area contributed by atoms with Crippen LogP contribution in [0.5, 0.6) is 0 Å². The molecule has 0 aliphatic heterocycles. The Balaban J connectivity index is 1.61. The summed E-state index contributed by atoms with van der Waals surface area (Å²) < 4.78 is 0. The zero-order valence-electron chi connectivity index (χ0n) is 17.3. The van der Waals surface area contributed by atoms with Crippen molar-refractivity contribution in [2.24, 2.45) is 0 Å². The van der Waals surface area contributed by atoms with Gasteiger partial charge in [-0.2, -0.15) is 0 Å². The van der Waals surface area contributed by atoms with Crippen LogP contribution in [0.1, 0.15) is 29.3 Å². The van der Waals surface area contributed by atoms with E-state index in [4.69, 9.17) is 0 Å². The third kappa shape index (κ3) is 6.42. The molecule has 0 fully saturated rings. The summed E-state index contributed by atoms with van der Waals surface area (Å²) in [5.74, 6) is -0.0149.